The highest BCUT2D eigenvalue weighted by Gasteiger charge is 2.13. The summed E-state index contributed by atoms with van der Waals surface area (Å²) in [6.07, 6.45) is 0.346. The lowest BCUT2D eigenvalue weighted by Gasteiger charge is -2.11. The van der Waals surface area contributed by atoms with E-state index < -0.39 is 0 Å². The van der Waals surface area contributed by atoms with E-state index in [4.69, 9.17) is 0 Å². The standard InChI is InChI=1S/C21H22N4O2S/c1-14-6-4-5-7-19(14)25-16(3)23-24-21(25)28-13-12-20(27)22-18-10-8-17(9-11-18)15(2)26/h4-11H,12-13H2,1-3H3,(H,22,27). The Kier molecular flexibility index (Phi) is 6.26. The van der Waals surface area contributed by atoms with E-state index in [0.717, 1.165) is 22.2 Å². The van der Waals surface area contributed by atoms with Crippen LogP contribution in [0.1, 0.15) is 35.1 Å². The van der Waals surface area contributed by atoms with Crippen LogP contribution in [0.3, 0.4) is 0 Å². The molecule has 3 aromatic rings. The van der Waals surface area contributed by atoms with Crippen LogP contribution in [0.25, 0.3) is 5.69 Å². The van der Waals surface area contributed by atoms with E-state index in [-0.39, 0.29) is 11.7 Å². The predicted octanol–water partition coefficient (Wildman–Crippen LogP) is 4.21. The van der Waals surface area contributed by atoms with Crippen LogP contribution in [0, 0.1) is 13.8 Å². The molecule has 6 nitrogen and oxygen atoms in total. The van der Waals surface area contributed by atoms with Gasteiger partial charge in [0.15, 0.2) is 10.9 Å². The van der Waals surface area contributed by atoms with Crippen molar-refractivity contribution in [2.75, 3.05) is 11.1 Å². The molecule has 0 aliphatic rings. The van der Waals surface area contributed by atoms with Gasteiger partial charge >= 0.3 is 0 Å². The second kappa shape index (κ2) is 8.84. The van der Waals surface area contributed by atoms with E-state index >= 15 is 0 Å². The molecule has 144 valence electrons. The zero-order valence-electron chi connectivity index (χ0n) is 16.1. The number of hydrogen-bond acceptors (Lipinski definition) is 5. The number of anilines is 1. The number of Topliss-reactive ketones (excluding diaryl/α,β-unsaturated/α-hetero) is 1. The molecule has 2 aromatic carbocycles. The first-order valence-corrected chi connectivity index (χ1v) is 9.96. The molecule has 1 N–H and O–H groups in total. The third kappa shape index (κ3) is 4.67. The molecule has 0 aliphatic heterocycles. The Morgan fingerprint density at radius 3 is 2.43 bits per heavy atom. The number of rotatable bonds is 7. The number of carbonyl (C=O) groups excluding carboxylic acids is 2. The molecule has 1 heterocycles. The summed E-state index contributed by atoms with van der Waals surface area (Å²) in [6, 6.07) is 15.0. The number of aromatic nitrogens is 3. The van der Waals surface area contributed by atoms with Gasteiger partial charge in [-0.1, -0.05) is 30.0 Å². The minimum Gasteiger partial charge on any atom is -0.326 e. The summed E-state index contributed by atoms with van der Waals surface area (Å²) in [4.78, 5) is 23.5. The highest BCUT2D eigenvalue weighted by atomic mass is 32.2. The van der Waals surface area contributed by atoms with E-state index in [1.165, 1.54) is 18.7 Å². The zero-order valence-corrected chi connectivity index (χ0v) is 16.9. The molecule has 0 radical (unpaired) electrons. The molecule has 0 saturated heterocycles. The fourth-order valence-corrected chi connectivity index (χ4v) is 3.70. The lowest BCUT2D eigenvalue weighted by molar-refractivity contribution is -0.115. The summed E-state index contributed by atoms with van der Waals surface area (Å²) in [5, 5.41) is 12.1. The van der Waals surface area contributed by atoms with Crippen LogP contribution in [0.5, 0.6) is 0 Å². The first-order chi connectivity index (χ1) is 13.5. The van der Waals surface area contributed by atoms with Gasteiger partial charge in [-0.25, -0.2) is 0 Å². The maximum Gasteiger partial charge on any atom is 0.225 e. The van der Waals surface area contributed by atoms with E-state index in [1.807, 2.05) is 42.7 Å². The maximum absolute atomic E-state index is 12.2. The average Bonchev–Trinajstić information content (AvgIpc) is 3.03. The Hall–Kier alpha value is -2.93. The Morgan fingerprint density at radius 1 is 1.04 bits per heavy atom. The van der Waals surface area contributed by atoms with Crippen LogP contribution in [-0.4, -0.2) is 32.2 Å². The van der Waals surface area contributed by atoms with Crippen molar-refractivity contribution < 1.29 is 9.59 Å². The van der Waals surface area contributed by atoms with Gasteiger partial charge in [0.1, 0.15) is 5.82 Å². The third-order valence-electron chi connectivity index (χ3n) is 4.29. The van der Waals surface area contributed by atoms with Crippen molar-refractivity contribution in [3.05, 3.63) is 65.5 Å². The van der Waals surface area contributed by atoms with Gasteiger partial charge in [-0.05, 0) is 56.7 Å². The van der Waals surface area contributed by atoms with Crippen molar-refractivity contribution in [2.45, 2.75) is 32.3 Å². The van der Waals surface area contributed by atoms with Gasteiger partial charge in [0.05, 0.1) is 5.69 Å². The third-order valence-corrected chi connectivity index (χ3v) is 5.22. The molecule has 0 aliphatic carbocycles. The molecule has 0 atom stereocenters. The largest absolute Gasteiger partial charge is 0.326 e. The number of nitrogens with zero attached hydrogens (tertiary/aromatic N) is 3. The number of para-hydroxylation sites is 1. The van der Waals surface area contributed by atoms with Gasteiger partial charge < -0.3 is 5.32 Å². The number of aryl methyl sites for hydroxylation is 2. The van der Waals surface area contributed by atoms with Crippen LogP contribution in [-0.2, 0) is 4.79 Å². The summed E-state index contributed by atoms with van der Waals surface area (Å²) in [5.41, 5.74) is 3.49. The van der Waals surface area contributed by atoms with Gasteiger partial charge in [0, 0.05) is 23.4 Å². The highest BCUT2D eigenvalue weighted by Crippen LogP contribution is 2.24. The first-order valence-electron chi connectivity index (χ1n) is 8.97. The second-order valence-electron chi connectivity index (χ2n) is 6.43. The van der Waals surface area contributed by atoms with Crippen LogP contribution >= 0.6 is 11.8 Å². The molecule has 1 aromatic heterocycles. The molecule has 3 rings (SSSR count). The Morgan fingerprint density at radius 2 is 1.75 bits per heavy atom. The average molecular weight is 395 g/mol. The molecule has 28 heavy (non-hydrogen) atoms. The molecular weight excluding hydrogens is 372 g/mol. The van der Waals surface area contributed by atoms with Gasteiger partial charge in [0.2, 0.25) is 5.91 Å². The van der Waals surface area contributed by atoms with Crippen LogP contribution in [0.4, 0.5) is 5.69 Å². The summed E-state index contributed by atoms with van der Waals surface area (Å²) in [7, 11) is 0. The Balaban J connectivity index is 1.59. The minimum absolute atomic E-state index is 0.00216. The topological polar surface area (TPSA) is 76.9 Å². The fourth-order valence-electron chi connectivity index (χ4n) is 2.77. The lowest BCUT2D eigenvalue weighted by Crippen LogP contribution is -2.12. The fraction of sp³-hybridized carbons (Fsp3) is 0.238. The van der Waals surface area contributed by atoms with Gasteiger partial charge in [0.25, 0.3) is 0 Å². The maximum atomic E-state index is 12.2. The van der Waals surface area contributed by atoms with Crippen LogP contribution in [0.15, 0.2) is 53.7 Å². The Bertz CT molecular complexity index is 996. The monoisotopic (exact) mass is 394 g/mol. The molecule has 0 fully saturated rings. The predicted molar refractivity (Wildman–Crippen MR) is 111 cm³/mol. The summed E-state index contributed by atoms with van der Waals surface area (Å²) < 4.78 is 2.01. The van der Waals surface area contributed by atoms with Gasteiger partial charge in [-0.15, -0.1) is 10.2 Å². The molecule has 0 bridgehead atoms. The molecule has 0 saturated carbocycles. The van der Waals surface area contributed by atoms with E-state index in [2.05, 4.69) is 15.5 Å². The van der Waals surface area contributed by atoms with E-state index in [9.17, 15) is 9.59 Å². The lowest BCUT2D eigenvalue weighted by atomic mass is 10.1. The van der Waals surface area contributed by atoms with Crippen molar-refractivity contribution in [3.8, 4) is 5.69 Å². The quantitative estimate of drug-likeness (QED) is 0.480. The number of amides is 1. The molecule has 0 unspecified atom stereocenters. The smallest absolute Gasteiger partial charge is 0.225 e. The van der Waals surface area contributed by atoms with E-state index in [0.29, 0.717) is 23.4 Å². The Labute approximate surface area is 168 Å². The van der Waals surface area contributed by atoms with Gasteiger partial charge in [-0.2, -0.15) is 0 Å². The number of carbonyl (C=O) groups is 2. The molecule has 1 amide bonds. The molecule has 0 spiro atoms. The number of hydrogen-bond donors (Lipinski definition) is 1. The van der Waals surface area contributed by atoms with Crippen molar-refractivity contribution >= 4 is 29.1 Å². The molecule has 7 heteroatoms. The molecular formula is C21H22N4O2S. The summed E-state index contributed by atoms with van der Waals surface area (Å²) >= 11 is 1.50. The van der Waals surface area contributed by atoms with Gasteiger partial charge in [-0.3, -0.25) is 14.2 Å². The number of benzene rings is 2. The summed E-state index contributed by atoms with van der Waals surface area (Å²) in [5.74, 6) is 1.32. The van der Waals surface area contributed by atoms with Crippen molar-refractivity contribution in [1.82, 2.24) is 14.8 Å². The number of ketones is 1. The minimum atomic E-state index is -0.0817. The van der Waals surface area contributed by atoms with Crippen LogP contribution < -0.4 is 5.32 Å². The van der Waals surface area contributed by atoms with Crippen molar-refractivity contribution in [3.63, 3.8) is 0 Å². The number of thioether (sulfide) groups is 1. The highest BCUT2D eigenvalue weighted by molar-refractivity contribution is 7.99. The first kappa shape index (κ1) is 19.8. The summed E-state index contributed by atoms with van der Waals surface area (Å²) in [6.45, 7) is 5.48. The zero-order chi connectivity index (χ0) is 20.1. The van der Waals surface area contributed by atoms with E-state index in [1.54, 1.807) is 24.3 Å². The normalized spacial score (nSPS) is 10.7. The van der Waals surface area contributed by atoms with Crippen molar-refractivity contribution in [2.24, 2.45) is 0 Å². The second-order valence-corrected chi connectivity index (χ2v) is 7.49. The number of nitrogens with one attached hydrogen (secondary N) is 1. The van der Waals surface area contributed by atoms with Crippen molar-refractivity contribution in [1.29, 1.82) is 0 Å². The SMILES string of the molecule is CC(=O)c1ccc(NC(=O)CCSc2nnc(C)n2-c2ccccc2C)cc1. The van der Waals surface area contributed by atoms with Crippen LogP contribution in [0.2, 0.25) is 0 Å².